The van der Waals surface area contributed by atoms with E-state index in [1.54, 1.807) is 0 Å². The first-order valence-electron chi connectivity index (χ1n) is 9.02. The molecule has 130 valence electrons. The average molecular weight is 314 g/mol. The average Bonchev–Trinajstić information content (AvgIpc) is 2.52. The first kappa shape index (κ1) is 20.9. The minimum Gasteiger partial charge on any atom is -0.466 e. The lowest BCUT2D eigenvalue weighted by Gasteiger charge is -2.06. The second kappa shape index (κ2) is 16.3. The zero-order valence-corrected chi connectivity index (χ0v) is 14.5. The number of hydrogen-bond donors (Lipinski definition) is 0. The van der Waals surface area contributed by atoms with Crippen LogP contribution in [0.5, 0.6) is 0 Å². The van der Waals surface area contributed by atoms with Gasteiger partial charge >= 0.3 is 11.9 Å². The predicted octanol–water partition coefficient (Wildman–Crippen LogP) is 4.79. The Morgan fingerprint density at radius 2 is 1.05 bits per heavy atom. The minimum atomic E-state index is -0.107. The summed E-state index contributed by atoms with van der Waals surface area (Å²) in [5.41, 5.74) is 0. The molecule has 0 saturated carbocycles. The summed E-state index contributed by atoms with van der Waals surface area (Å²) in [4.78, 5) is 22.7. The molecule has 0 amide bonds. The molecule has 4 heteroatoms. The lowest BCUT2D eigenvalue weighted by atomic mass is 10.2. The zero-order chi connectivity index (χ0) is 16.5. The van der Waals surface area contributed by atoms with Crippen molar-refractivity contribution in [1.82, 2.24) is 0 Å². The van der Waals surface area contributed by atoms with Crippen molar-refractivity contribution >= 4 is 11.9 Å². The number of esters is 2. The first-order chi connectivity index (χ1) is 10.7. The second-order valence-electron chi connectivity index (χ2n) is 5.77. The van der Waals surface area contributed by atoms with E-state index in [0.717, 1.165) is 44.9 Å². The monoisotopic (exact) mass is 314 g/mol. The molecule has 0 saturated heterocycles. The van der Waals surface area contributed by atoms with Crippen molar-refractivity contribution in [1.29, 1.82) is 0 Å². The van der Waals surface area contributed by atoms with Crippen LogP contribution in [-0.4, -0.2) is 25.2 Å². The number of rotatable bonds is 15. The lowest BCUT2D eigenvalue weighted by Crippen LogP contribution is -2.07. The van der Waals surface area contributed by atoms with E-state index in [2.05, 4.69) is 13.8 Å². The van der Waals surface area contributed by atoms with Crippen molar-refractivity contribution in [3.05, 3.63) is 0 Å². The van der Waals surface area contributed by atoms with Crippen molar-refractivity contribution in [2.75, 3.05) is 13.2 Å². The Morgan fingerprint density at radius 1 is 0.591 bits per heavy atom. The summed E-state index contributed by atoms with van der Waals surface area (Å²) in [5.74, 6) is -0.209. The Balaban J connectivity index is 3.26. The van der Waals surface area contributed by atoms with Crippen molar-refractivity contribution in [2.24, 2.45) is 0 Å². The standard InChI is InChI=1S/C18H34O4/c1-3-5-7-8-11-15-22-18(20)14-10-9-12-16-21-17(19)13-6-4-2/h3-16H2,1-2H3. The molecule has 0 rings (SSSR count). The van der Waals surface area contributed by atoms with Crippen LogP contribution in [-0.2, 0) is 19.1 Å². The van der Waals surface area contributed by atoms with Crippen LogP contribution in [0, 0.1) is 0 Å². The number of ether oxygens (including phenoxy) is 2. The molecule has 4 nitrogen and oxygen atoms in total. The molecule has 0 heterocycles. The molecule has 0 aromatic carbocycles. The van der Waals surface area contributed by atoms with E-state index < -0.39 is 0 Å². The van der Waals surface area contributed by atoms with Crippen LogP contribution in [0.4, 0.5) is 0 Å². The van der Waals surface area contributed by atoms with Crippen LogP contribution in [0.25, 0.3) is 0 Å². The van der Waals surface area contributed by atoms with Gasteiger partial charge in [0.2, 0.25) is 0 Å². The van der Waals surface area contributed by atoms with Gasteiger partial charge in [-0.25, -0.2) is 0 Å². The normalized spacial score (nSPS) is 10.5. The fourth-order valence-electron chi connectivity index (χ4n) is 2.09. The highest BCUT2D eigenvalue weighted by Gasteiger charge is 2.04. The fourth-order valence-corrected chi connectivity index (χ4v) is 2.09. The topological polar surface area (TPSA) is 52.6 Å². The molecular formula is C18H34O4. The Hall–Kier alpha value is -1.06. The van der Waals surface area contributed by atoms with Gasteiger partial charge in [0.25, 0.3) is 0 Å². The number of carbonyl (C=O) groups excluding carboxylic acids is 2. The molecule has 0 aliphatic rings. The largest absolute Gasteiger partial charge is 0.466 e. The maximum Gasteiger partial charge on any atom is 0.305 e. The van der Waals surface area contributed by atoms with E-state index in [-0.39, 0.29) is 11.9 Å². The molecule has 0 spiro atoms. The van der Waals surface area contributed by atoms with Crippen LogP contribution < -0.4 is 0 Å². The van der Waals surface area contributed by atoms with E-state index in [0.29, 0.717) is 26.1 Å². The highest BCUT2D eigenvalue weighted by Crippen LogP contribution is 2.05. The Labute approximate surface area is 135 Å². The van der Waals surface area contributed by atoms with Crippen molar-refractivity contribution in [2.45, 2.75) is 90.9 Å². The molecule has 0 aromatic rings. The van der Waals surface area contributed by atoms with E-state index in [1.165, 1.54) is 19.3 Å². The Bertz CT molecular complexity index is 276. The summed E-state index contributed by atoms with van der Waals surface area (Å²) in [6, 6.07) is 0. The molecule has 0 fully saturated rings. The molecule has 0 unspecified atom stereocenters. The summed E-state index contributed by atoms with van der Waals surface area (Å²) >= 11 is 0. The van der Waals surface area contributed by atoms with E-state index in [4.69, 9.17) is 9.47 Å². The molecule has 0 aliphatic carbocycles. The van der Waals surface area contributed by atoms with E-state index >= 15 is 0 Å². The van der Waals surface area contributed by atoms with Gasteiger partial charge in [-0.2, -0.15) is 0 Å². The zero-order valence-electron chi connectivity index (χ0n) is 14.5. The van der Waals surface area contributed by atoms with Crippen LogP contribution in [0.3, 0.4) is 0 Å². The molecule has 0 aliphatic heterocycles. The third kappa shape index (κ3) is 15.3. The van der Waals surface area contributed by atoms with Gasteiger partial charge in [0.15, 0.2) is 0 Å². The van der Waals surface area contributed by atoms with Gasteiger partial charge in [0.05, 0.1) is 13.2 Å². The van der Waals surface area contributed by atoms with Crippen molar-refractivity contribution in [3.63, 3.8) is 0 Å². The SMILES string of the molecule is CCCCCCCOC(=O)CCCCCOC(=O)CCCC. The molecule has 0 bridgehead atoms. The molecule has 0 N–H and O–H groups in total. The van der Waals surface area contributed by atoms with Crippen LogP contribution in [0.1, 0.15) is 90.9 Å². The number of carbonyl (C=O) groups is 2. The molecule has 22 heavy (non-hydrogen) atoms. The second-order valence-corrected chi connectivity index (χ2v) is 5.77. The maximum absolute atomic E-state index is 11.5. The molecule has 0 radical (unpaired) electrons. The third-order valence-electron chi connectivity index (χ3n) is 3.53. The van der Waals surface area contributed by atoms with Crippen LogP contribution in [0.15, 0.2) is 0 Å². The van der Waals surface area contributed by atoms with Crippen molar-refractivity contribution in [3.8, 4) is 0 Å². The van der Waals surface area contributed by atoms with Gasteiger partial charge in [-0.05, 0) is 32.1 Å². The molecule has 0 atom stereocenters. The van der Waals surface area contributed by atoms with E-state index in [1.807, 2.05) is 0 Å². The van der Waals surface area contributed by atoms with Gasteiger partial charge in [-0.15, -0.1) is 0 Å². The third-order valence-corrected chi connectivity index (χ3v) is 3.53. The molecule has 0 aromatic heterocycles. The van der Waals surface area contributed by atoms with Crippen LogP contribution >= 0.6 is 0 Å². The van der Waals surface area contributed by atoms with Crippen LogP contribution in [0.2, 0.25) is 0 Å². The van der Waals surface area contributed by atoms with E-state index in [9.17, 15) is 9.59 Å². The summed E-state index contributed by atoms with van der Waals surface area (Å²) in [6.45, 7) is 5.26. The van der Waals surface area contributed by atoms with Crippen molar-refractivity contribution < 1.29 is 19.1 Å². The summed E-state index contributed by atoms with van der Waals surface area (Å²) in [5, 5.41) is 0. The Kier molecular flexibility index (Phi) is 15.5. The summed E-state index contributed by atoms with van der Waals surface area (Å²) < 4.78 is 10.3. The predicted molar refractivity (Wildman–Crippen MR) is 88.7 cm³/mol. The lowest BCUT2D eigenvalue weighted by molar-refractivity contribution is -0.145. The summed E-state index contributed by atoms with van der Waals surface area (Å²) in [7, 11) is 0. The summed E-state index contributed by atoms with van der Waals surface area (Å²) in [6.07, 6.45) is 11.2. The molecular weight excluding hydrogens is 280 g/mol. The maximum atomic E-state index is 11.5. The number of unbranched alkanes of at least 4 members (excludes halogenated alkanes) is 7. The first-order valence-corrected chi connectivity index (χ1v) is 9.02. The number of hydrogen-bond acceptors (Lipinski definition) is 4. The highest BCUT2D eigenvalue weighted by atomic mass is 16.5. The van der Waals surface area contributed by atoms with Gasteiger partial charge in [0.1, 0.15) is 0 Å². The quantitative estimate of drug-likeness (QED) is 0.322. The Morgan fingerprint density at radius 3 is 1.59 bits per heavy atom. The fraction of sp³-hybridized carbons (Fsp3) is 0.889. The minimum absolute atomic E-state index is 0.101. The van der Waals surface area contributed by atoms with Gasteiger partial charge < -0.3 is 9.47 Å². The highest BCUT2D eigenvalue weighted by molar-refractivity contribution is 5.69. The van der Waals surface area contributed by atoms with Gasteiger partial charge in [-0.1, -0.05) is 46.0 Å². The van der Waals surface area contributed by atoms with Gasteiger partial charge in [-0.3, -0.25) is 9.59 Å². The van der Waals surface area contributed by atoms with Gasteiger partial charge in [0, 0.05) is 12.8 Å². The smallest absolute Gasteiger partial charge is 0.305 e.